The molecule has 0 radical (unpaired) electrons. The molecule has 3 heterocycles. The first kappa shape index (κ1) is 13.4. The Kier molecular flexibility index (Phi) is 3.01. The Morgan fingerprint density at radius 2 is 1.83 bits per heavy atom. The molecule has 0 aliphatic carbocycles. The molecule has 6 nitrogen and oxygen atoms in total. The molecule has 112 valence electrons. The Labute approximate surface area is 130 Å². The molecule has 0 unspecified atom stereocenters. The van der Waals surface area contributed by atoms with Crippen molar-refractivity contribution in [2.24, 2.45) is 0 Å². The number of fused-ring (bicyclic) bond motifs is 2. The molecule has 0 atom stereocenters. The molecule has 6 heteroatoms. The van der Waals surface area contributed by atoms with Gasteiger partial charge in [-0.3, -0.25) is 18.6 Å². The molecule has 0 fully saturated rings. The van der Waals surface area contributed by atoms with Gasteiger partial charge in [0.25, 0.3) is 11.1 Å². The van der Waals surface area contributed by atoms with Gasteiger partial charge in [0.2, 0.25) is 0 Å². The number of aromatic nitrogens is 4. The summed E-state index contributed by atoms with van der Waals surface area (Å²) in [6.07, 6.45) is 3.15. The molecule has 1 aromatic carbocycles. The lowest BCUT2D eigenvalue weighted by atomic mass is 10.2. The first-order chi connectivity index (χ1) is 11.2. The predicted molar refractivity (Wildman–Crippen MR) is 86.6 cm³/mol. The standard InChI is InChI=1S/C17H12N4O2/c22-16-9-12(19-15-7-3-4-8-21(15)16)10-20-11-18-14-6-2-1-5-13(14)17(20)23/h1-9,11H,10H2. The molecule has 0 N–H and O–H groups in total. The highest BCUT2D eigenvalue weighted by atomic mass is 16.1. The van der Waals surface area contributed by atoms with E-state index in [9.17, 15) is 9.59 Å². The quantitative estimate of drug-likeness (QED) is 0.562. The largest absolute Gasteiger partial charge is 0.293 e. The summed E-state index contributed by atoms with van der Waals surface area (Å²) in [6.45, 7) is 0.206. The van der Waals surface area contributed by atoms with E-state index in [1.807, 2.05) is 12.1 Å². The highest BCUT2D eigenvalue weighted by molar-refractivity contribution is 5.76. The highest BCUT2D eigenvalue weighted by Gasteiger charge is 2.07. The molecule has 4 aromatic rings. The molecular weight excluding hydrogens is 292 g/mol. The maximum atomic E-state index is 12.5. The third-order valence-corrected chi connectivity index (χ3v) is 3.69. The van der Waals surface area contributed by atoms with E-state index in [2.05, 4.69) is 9.97 Å². The number of para-hydroxylation sites is 1. The lowest BCUT2D eigenvalue weighted by molar-refractivity contribution is 0.727. The maximum Gasteiger partial charge on any atom is 0.261 e. The summed E-state index contributed by atoms with van der Waals surface area (Å²) in [7, 11) is 0. The van der Waals surface area contributed by atoms with Crippen LogP contribution in [0.1, 0.15) is 5.69 Å². The van der Waals surface area contributed by atoms with Gasteiger partial charge in [0, 0.05) is 12.3 Å². The molecule has 0 aliphatic heterocycles. The fourth-order valence-electron chi connectivity index (χ4n) is 2.58. The normalized spacial score (nSPS) is 11.1. The van der Waals surface area contributed by atoms with Gasteiger partial charge in [-0.15, -0.1) is 0 Å². The van der Waals surface area contributed by atoms with Crippen molar-refractivity contribution >= 4 is 16.6 Å². The minimum Gasteiger partial charge on any atom is -0.293 e. The van der Waals surface area contributed by atoms with Gasteiger partial charge < -0.3 is 0 Å². The topological polar surface area (TPSA) is 69.3 Å². The summed E-state index contributed by atoms with van der Waals surface area (Å²) in [6, 6.07) is 14.0. The zero-order valence-corrected chi connectivity index (χ0v) is 12.1. The van der Waals surface area contributed by atoms with Crippen molar-refractivity contribution in [3.05, 3.63) is 87.5 Å². The summed E-state index contributed by atoms with van der Waals surface area (Å²) in [5.74, 6) is 0. The molecule has 0 aliphatic rings. The van der Waals surface area contributed by atoms with Crippen LogP contribution in [0, 0.1) is 0 Å². The number of pyridine rings is 1. The number of benzene rings is 1. The van der Waals surface area contributed by atoms with Crippen LogP contribution in [-0.2, 0) is 6.54 Å². The Morgan fingerprint density at radius 1 is 1.00 bits per heavy atom. The van der Waals surface area contributed by atoms with Crippen LogP contribution in [0.3, 0.4) is 0 Å². The van der Waals surface area contributed by atoms with Gasteiger partial charge in [-0.05, 0) is 24.3 Å². The number of nitrogens with zero attached hydrogens (tertiary/aromatic N) is 4. The SMILES string of the molecule is O=c1c2ccccc2ncn1Cc1cc(=O)n2ccccc2n1. The van der Waals surface area contributed by atoms with Gasteiger partial charge in [-0.2, -0.15) is 0 Å². The molecule has 4 rings (SSSR count). The van der Waals surface area contributed by atoms with E-state index in [1.165, 1.54) is 21.4 Å². The van der Waals surface area contributed by atoms with Crippen LogP contribution in [0.2, 0.25) is 0 Å². The second-order valence-corrected chi connectivity index (χ2v) is 5.21. The first-order valence-electron chi connectivity index (χ1n) is 7.14. The Bertz CT molecular complexity index is 1140. The third-order valence-electron chi connectivity index (χ3n) is 3.69. The monoisotopic (exact) mass is 304 g/mol. The number of rotatable bonds is 2. The lowest BCUT2D eigenvalue weighted by Crippen LogP contribution is -2.23. The van der Waals surface area contributed by atoms with Crippen molar-refractivity contribution in [2.75, 3.05) is 0 Å². The Balaban J connectivity index is 1.83. The second kappa shape index (κ2) is 5.17. The summed E-state index contributed by atoms with van der Waals surface area (Å²) >= 11 is 0. The van der Waals surface area contributed by atoms with Crippen LogP contribution < -0.4 is 11.1 Å². The fraction of sp³-hybridized carbons (Fsp3) is 0.0588. The van der Waals surface area contributed by atoms with Gasteiger partial charge in [0.15, 0.2) is 0 Å². The number of hydrogen-bond donors (Lipinski definition) is 0. The van der Waals surface area contributed by atoms with E-state index >= 15 is 0 Å². The zero-order valence-electron chi connectivity index (χ0n) is 12.1. The van der Waals surface area contributed by atoms with Crippen LogP contribution >= 0.6 is 0 Å². The van der Waals surface area contributed by atoms with E-state index in [1.54, 1.807) is 36.5 Å². The van der Waals surface area contributed by atoms with Crippen molar-refractivity contribution in [1.82, 2.24) is 18.9 Å². The Morgan fingerprint density at radius 3 is 2.74 bits per heavy atom. The fourth-order valence-corrected chi connectivity index (χ4v) is 2.58. The second-order valence-electron chi connectivity index (χ2n) is 5.21. The summed E-state index contributed by atoms with van der Waals surface area (Å²) in [5.41, 5.74) is 1.41. The third kappa shape index (κ3) is 2.30. The summed E-state index contributed by atoms with van der Waals surface area (Å²) in [4.78, 5) is 33.3. The maximum absolute atomic E-state index is 12.5. The molecular formula is C17H12N4O2. The van der Waals surface area contributed by atoms with Gasteiger partial charge in [0.1, 0.15) is 5.65 Å². The molecule has 0 saturated heterocycles. The van der Waals surface area contributed by atoms with E-state index < -0.39 is 0 Å². The van der Waals surface area contributed by atoms with Crippen LogP contribution in [0.15, 0.2) is 70.6 Å². The predicted octanol–water partition coefficient (Wildman–Crippen LogP) is 1.45. The molecule has 0 bridgehead atoms. The van der Waals surface area contributed by atoms with Crippen molar-refractivity contribution in [1.29, 1.82) is 0 Å². The molecule has 23 heavy (non-hydrogen) atoms. The smallest absolute Gasteiger partial charge is 0.261 e. The summed E-state index contributed by atoms with van der Waals surface area (Å²) in [5, 5.41) is 0.549. The van der Waals surface area contributed by atoms with Gasteiger partial charge >= 0.3 is 0 Å². The van der Waals surface area contributed by atoms with Gasteiger partial charge in [-0.1, -0.05) is 18.2 Å². The minimum absolute atomic E-state index is 0.148. The lowest BCUT2D eigenvalue weighted by Gasteiger charge is -2.07. The zero-order chi connectivity index (χ0) is 15.8. The van der Waals surface area contributed by atoms with Gasteiger partial charge in [0.05, 0.1) is 29.5 Å². The van der Waals surface area contributed by atoms with Crippen molar-refractivity contribution in [3.8, 4) is 0 Å². The van der Waals surface area contributed by atoms with E-state index in [0.717, 1.165) is 0 Å². The Hall–Kier alpha value is -3.28. The molecule has 0 spiro atoms. The average molecular weight is 304 g/mol. The average Bonchev–Trinajstić information content (AvgIpc) is 2.58. The highest BCUT2D eigenvalue weighted by Crippen LogP contribution is 2.06. The van der Waals surface area contributed by atoms with Crippen LogP contribution in [0.25, 0.3) is 16.6 Å². The minimum atomic E-state index is -0.174. The van der Waals surface area contributed by atoms with E-state index in [4.69, 9.17) is 0 Å². The van der Waals surface area contributed by atoms with Gasteiger partial charge in [-0.25, -0.2) is 9.97 Å². The number of hydrogen-bond acceptors (Lipinski definition) is 4. The van der Waals surface area contributed by atoms with Crippen molar-refractivity contribution in [2.45, 2.75) is 6.54 Å². The van der Waals surface area contributed by atoms with Crippen molar-refractivity contribution < 1.29 is 0 Å². The van der Waals surface area contributed by atoms with Crippen LogP contribution in [0.4, 0.5) is 0 Å². The molecule has 0 saturated carbocycles. The molecule has 0 amide bonds. The van der Waals surface area contributed by atoms with Crippen LogP contribution in [-0.4, -0.2) is 18.9 Å². The van der Waals surface area contributed by atoms with Crippen LogP contribution in [0.5, 0.6) is 0 Å². The summed E-state index contributed by atoms with van der Waals surface area (Å²) < 4.78 is 2.93. The van der Waals surface area contributed by atoms with E-state index in [-0.39, 0.29) is 17.7 Å². The van der Waals surface area contributed by atoms with E-state index in [0.29, 0.717) is 22.2 Å². The molecule has 3 aromatic heterocycles. The van der Waals surface area contributed by atoms with Crippen molar-refractivity contribution in [3.63, 3.8) is 0 Å². The first-order valence-corrected chi connectivity index (χ1v) is 7.14.